The number of amides is 3. The zero-order valence-corrected chi connectivity index (χ0v) is 25.5. The molecule has 1 rings (SSSR count). The van der Waals surface area contributed by atoms with Gasteiger partial charge in [0.15, 0.2) is 0 Å². The summed E-state index contributed by atoms with van der Waals surface area (Å²) in [5.74, 6) is 0.129. The second-order valence-corrected chi connectivity index (χ2v) is 12.4. The number of hydrogen-bond donors (Lipinski definition) is 2. The van der Waals surface area contributed by atoms with Crippen LogP contribution in [0, 0.1) is 18.8 Å². The molecule has 0 aliphatic rings. The summed E-state index contributed by atoms with van der Waals surface area (Å²) in [5, 5.41) is 5.89. The monoisotopic (exact) mass is 531 g/mol. The predicted octanol–water partition coefficient (Wildman–Crippen LogP) is 6.55. The van der Waals surface area contributed by atoms with Crippen molar-refractivity contribution in [2.75, 3.05) is 6.54 Å². The smallest absolute Gasteiger partial charge is 0.408 e. The highest BCUT2D eigenvalue weighted by molar-refractivity contribution is 5.92. The van der Waals surface area contributed by atoms with Gasteiger partial charge in [0, 0.05) is 12.6 Å². The Bertz CT molecular complexity index is 874. The van der Waals surface area contributed by atoms with Gasteiger partial charge in [-0.25, -0.2) is 4.79 Å². The molecule has 0 bridgehead atoms. The summed E-state index contributed by atoms with van der Waals surface area (Å²) in [6.45, 7) is 20.3. The molecule has 3 unspecified atom stereocenters. The van der Waals surface area contributed by atoms with Gasteiger partial charge in [-0.15, -0.1) is 0 Å². The van der Waals surface area contributed by atoms with Crippen LogP contribution in [0.5, 0.6) is 0 Å². The molecule has 0 radical (unpaired) electrons. The quantitative estimate of drug-likeness (QED) is 0.267. The van der Waals surface area contributed by atoms with E-state index in [2.05, 4.69) is 31.4 Å². The normalized spacial score (nSPS) is 14.1. The first-order valence-electron chi connectivity index (χ1n) is 14.3. The van der Waals surface area contributed by atoms with Gasteiger partial charge in [0.1, 0.15) is 17.7 Å². The maximum atomic E-state index is 14.4. The third-order valence-corrected chi connectivity index (χ3v) is 6.34. The molecule has 0 aromatic heterocycles. The summed E-state index contributed by atoms with van der Waals surface area (Å²) in [5.41, 5.74) is 1.15. The highest BCUT2D eigenvalue weighted by Crippen LogP contribution is 2.28. The topological polar surface area (TPSA) is 87.7 Å². The van der Waals surface area contributed by atoms with Crippen LogP contribution < -0.4 is 10.6 Å². The number of benzene rings is 1. The Morgan fingerprint density at radius 2 is 1.55 bits per heavy atom. The number of aryl methyl sites for hydroxylation is 1. The summed E-state index contributed by atoms with van der Waals surface area (Å²) < 4.78 is 5.49. The first-order valence-corrected chi connectivity index (χ1v) is 14.3. The van der Waals surface area contributed by atoms with Crippen LogP contribution >= 0.6 is 0 Å². The fourth-order valence-corrected chi connectivity index (χ4v) is 4.31. The van der Waals surface area contributed by atoms with E-state index in [-0.39, 0.29) is 23.8 Å². The minimum absolute atomic E-state index is 0.142. The number of alkyl carbamates (subject to hydrolysis) is 1. The number of ether oxygens (including phenoxy) is 1. The molecule has 7 heteroatoms. The summed E-state index contributed by atoms with van der Waals surface area (Å²) in [7, 11) is 0. The van der Waals surface area contributed by atoms with E-state index in [0.717, 1.165) is 36.8 Å². The Hall–Kier alpha value is -2.57. The van der Waals surface area contributed by atoms with Crippen molar-refractivity contribution in [3.8, 4) is 0 Å². The zero-order chi connectivity index (χ0) is 29.0. The van der Waals surface area contributed by atoms with Crippen LogP contribution in [0.1, 0.15) is 112 Å². The Morgan fingerprint density at radius 1 is 0.947 bits per heavy atom. The molecule has 0 aliphatic heterocycles. The van der Waals surface area contributed by atoms with Crippen molar-refractivity contribution in [3.05, 3.63) is 35.4 Å². The van der Waals surface area contributed by atoms with Crippen molar-refractivity contribution in [2.24, 2.45) is 11.8 Å². The molecule has 2 N–H and O–H groups in total. The summed E-state index contributed by atoms with van der Waals surface area (Å²) in [4.78, 5) is 42.6. The van der Waals surface area contributed by atoms with Crippen molar-refractivity contribution >= 4 is 17.9 Å². The first kappa shape index (κ1) is 33.5. The molecule has 3 amide bonds. The Balaban J connectivity index is 3.56. The maximum absolute atomic E-state index is 14.4. The van der Waals surface area contributed by atoms with E-state index in [4.69, 9.17) is 4.74 Å². The van der Waals surface area contributed by atoms with E-state index in [1.165, 1.54) is 0 Å². The molecule has 3 atom stereocenters. The van der Waals surface area contributed by atoms with Crippen molar-refractivity contribution in [2.45, 2.75) is 125 Å². The molecule has 0 spiro atoms. The van der Waals surface area contributed by atoms with E-state index in [1.54, 1.807) is 25.7 Å². The maximum Gasteiger partial charge on any atom is 0.408 e. The lowest BCUT2D eigenvalue weighted by Gasteiger charge is -2.39. The second kappa shape index (κ2) is 15.7. The fraction of sp³-hybridized carbons (Fsp3) is 0.710. The minimum Gasteiger partial charge on any atom is -0.444 e. The molecule has 1 aromatic carbocycles. The Labute approximate surface area is 231 Å². The molecular weight excluding hydrogens is 478 g/mol. The minimum atomic E-state index is -0.817. The molecule has 0 heterocycles. The lowest BCUT2D eigenvalue weighted by molar-refractivity contribution is -0.145. The average molecular weight is 532 g/mol. The van der Waals surface area contributed by atoms with Crippen LogP contribution in [0.15, 0.2) is 24.3 Å². The van der Waals surface area contributed by atoms with E-state index < -0.39 is 23.8 Å². The van der Waals surface area contributed by atoms with Gasteiger partial charge >= 0.3 is 6.09 Å². The van der Waals surface area contributed by atoms with Crippen LogP contribution in [0.25, 0.3) is 0 Å². The third-order valence-electron chi connectivity index (χ3n) is 6.34. The van der Waals surface area contributed by atoms with Crippen LogP contribution in [-0.4, -0.2) is 47.0 Å². The third kappa shape index (κ3) is 11.9. The van der Waals surface area contributed by atoms with Crippen LogP contribution in [-0.2, 0) is 14.3 Å². The van der Waals surface area contributed by atoms with Gasteiger partial charge < -0.3 is 20.3 Å². The summed E-state index contributed by atoms with van der Waals surface area (Å²) >= 11 is 0. The van der Waals surface area contributed by atoms with Gasteiger partial charge in [-0.3, -0.25) is 9.59 Å². The highest BCUT2D eigenvalue weighted by Gasteiger charge is 2.39. The van der Waals surface area contributed by atoms with Gasteiger partial charge in [0.25, 0.3) is 0 Å². The van der Waals surface area contributed by atoms with E-state index >= 15 is 0 Å². The van der Waals surface area contributed by atoms with Crippen molar-refractivity contribution in [1.29, 1.82) is 0 Å². The molecule has 0 fully saturated rings. The SMILES string of the molecule is CCCCNC(=O)C(c1ccc(C)cc1)N(C(=O)C(CC(C)C)NC(=O)OC(C)(C)C)C(C)CCC(C)C. The number of nitrogens with zero attached hydrogens (tertiary/aromatic N) is 1. The molecule has 1 aromatic rings. The van der Waals surface area contributed by atoms with Crippen molar-refractivity contribution in [1.82, 2.24) is 15.5 Å². The van der Waals surface area contributed by atoms with Crippen LogP contribution in [0.3, 0.4) is 0 Å². The number of unbranched alkanes of at least 4 members (excludes halogenated alkanes) is 1. The first-order chi connectivity index (χ1) is 17.7. The lowest BCUT2D eigenvalue weighted by Crippen LogP contribution is -2.56. The number of carbonyl (C=O) groups is 3. The average Bonchev–Trinajstić information content (AvgIpc) is 2.79. The molecular formula is C31H53N3O4. The van der Waals surface area contributed by atoms with E-state index in [1.807, 2.05) is 52.0 Å². The summed E-state index contributed by atoms with van der Waals surface area (Å²) in [6.07, 6.45) is 3.28. The van der Waals surface area contributed by atoms with Gasteiger partial charge in [0.05, 0.1) is 0 Å². The standard InChI is InChI=1S/C31H53N3O4/c1-11-12-19-32-28(35)27(25-17-14-23(6)15-18-25)34(24(7)16-13-21(2)3)29(36)26(20-22(4)5)33-30(37)38-31(8,9)10/h14-15,17-18,21-22,24,26-27H,11-13,16,19-20H2,1-10H3,(H,32,35)(H,33,37). The largest absolute Gasteiger partial charge is 0.444 e. The summed E-state index contributed by atoms with van der Waals surface area (Å²) in [6, 6.07) is 5.94. The molecule has 216 valence electrons. The highest BCUT2D eigenvalue weighted by atomic mass is 16.6. The molecule has 7 nitrogen and oxygen atoms in total. The fourth-order valence-electron chi connectivity index (χ4n) is 4.31. The van der Waals surface area contributed by atoms with Gasteiger partial charge in [-0.05, 0) is 77.7 Å². The number of carbonyl (C=O) groups excluding carboxylic acids is 3. The molecule has 38 heavy (non-hydrogen) atoms. The molecule has 0 aliphatic carbocycles. The second-order valence-electron chi connectivity index (χ2n) is 12.4. The van der Waals surface area contributed by atoms with Gasteiger partial charge in [-0.2, -0.15) is 0 Å². The molecule has 0 saturated heterocycles. The van der Waals surface area contributed by atoms with Crippen molar-refractivity contribution < 1.29 is 19.1 Å². The van der Waals surface area contributed by atoms with E-state index in [9.17, 15) is 14.4 Å². The molecule has 0 saturated carbocycles. The van der Waals surface area contributed by atoms with Gasteiger partial charge in [-0.1, -0.05) is 70.9 Å². The predicted molar refractivity (Wildman–Crippen MR) is 155 cm³/mol. The Kier molecular flexibility index (Phi) is 13.9. The van der Waals surface area contributed by atoms with Gasteiger partial charge in [0.2, 0.25) is 11.8 Å². The number of nitrogens with one attached hydrogen (secondary N) is 2. The van der Waals surface area contributed by atoms with E-state index in [0.29, 0.717) is 18.9 Å². The van der Waals surface area contributed by atoms with Crippen LogP contribution in [0.4, 0.5) is 4.79 Å². The Morgan fingerprint density at radius 3 is 2.05 bits per heavy atom. The van der Waals surface area contributed by atoms with Crippen LogP contribution in [0.2, 0.25) is 0 Å². The lowest BCUT2D eigenvalue weighted by atomic mass is 9.95. The number of hydrogen-bond acceptors (Lipinski definition) is 4. The zero-order valence-electron chi connectivity index (χ0n) is 25.5. The van der Waals surface area contributed by atoms with Crippen molar-refractivity contribution in [3.63, 3.8) is 0 Å². The number of rotatable bonds is 14.